The third kappa shape index (κ3) is 3.53. The first-order valence-corrected chi connectivity index (χ1v) is 8.47. The van der Waals surface area contributed by atoms with Crippen molar-refractivity contribution in [2.45, 2.75) is 33.2 Å². The Kier molecular flexibility index (Phi) is 5.91. The molecule has 5 heteroatoms. The summed E-state index contributed by atoms with van der Waals surface area (Å²) in [6.45, 7) is 9.73. The minimum absolute atomic E-state index is 0.339. The first-order chi connectivity index (χ1) is 10.1. The number of fused-ring (bicyclic) bond motifs is 1. The van der Waals surface area contributed by atoms with Crippen LogP contribution in [0.2, 0.25) is 5.02 Å². The molecule has 1 unspecified atom stereocenters. The summed E-state index contributed by atoms with van der Waals surface area (Å²) in [6.07, 6.45) is 0.759. The Hall–Kier alpha value is -0.770. The second-order valence-electron chi connectivity index (χ2n) is 5.28. The standard InChI is InChI=1S/C16H23Cl2N3/c1-4-20(5-2)11-12(3)21-14-8-6-7-13(18)16(14)19-15(21)9-10-17/h6-8,12H,4-5,9-11H2,1-3H3. The van der Waals surface area contributed by atoms with Gasteiger partial charge in [-0.2, -0.15) is 0 Å². The minimum atomic E-state index is 0.339. The minimum Gasteiger partial charge on any atom is -0.324 e. The highest BCUT2D eigenvalue weighted by atomic mass is 35.5. The Morgan fingerprint density at radius 3 is 2.62 bits per heavy atom. The maximum Gasteiger partial charge on any atom is 0.111 e. The number of benzene rings is 1. The number of aromatic nitrogens is 2. The van der Waals surface area contributed by atoms with Crippen molar-refractivity contribution in [3.05, 3.63) is 29.0 Å². The van der Waals surface area contributed by atoms with Gasteiger partial charge < -0.3 is 9.47 Å². The van der Waals surface area contributed by atoms with Crippen molar-refractivity contribution in [1.29, 1.82) is 0 Å². The molecule has 0 saturated heterocycles. The quantitative estimate of drug-likeness (QED) is 0.704. The van der Waals surface area contributed by atoms with Crippen LogP contribution in [0.1, 0.15) is 32.6 Å². The van der Waals surface area contributed by atoms with Crippen LogP contribution < -0.4 is 0 Å². The first kappa shape index (κ1) is 16.6. The van der Waals surface area contributed by atoms with Crippen molar-refractivity contribution in [2.24, 2.45) is 0 Å². The molecule has 0 fully saturated rings. The van der Waals surface area contributed by atoms with Crippen LogP contribution in [-0.2, 0) is 6.42 Å². The van der Waals surface area contributed by atoms with Gasteiger partial charge in [0, 0.05) is 24.9 Å². The lowest BCUT2D eigenvalue weighted by atomic mass is 10.2. The summed E-state index contributed by atoms with van der Waals surface area (Å²) in [5.41, 5.74) is 1.98. The zero-order chi connectivity index (χ0) is 15.4. The Morgan fingerprint density at radius 1 is 1.29 bits per heavy atom. The van der Waals surface area contributed by atoms with Gasteiger partial charge in [-0.3, -0.25) is 0 Å². The Bertz CT molecular complexity index is 590. The van der Waals surface area contributed by atoms with Crippen molar-refractivity contribution in [3.63, 3.8) is 0 Å². The fourth-order valence-electron chi connectivity index (χ4n) is 2.82. The van der Waals surface area contributed by atoms with Gasteiger partial charge in [-0.25, -0.2) is 4.98 Å². The number of aryl methyl sites for hydroxylation is 1. The molecular formula is C16H23Cl2N3. The van der Waals surface area contributed by atoms with Gasteiger partial charge in [-0.05, 0) is 32.1 Å². The zero-order valence-electron chi connectivity index (χ0n) is 12.9. The van der Waals surface area contributed by atoms with Gasteiger partial charge in [0.15, 0.2) is 0 Å². The molecule has 2 rings (SSSR count). The molecule has 0 N–H and O–H groups in total. The second kappa shape index (κ2) is 7.48. The predicted molar refractivity (Wildman–Crippen MR) is 91.7 cm³/mol. The summed E-state index contributed by atoms with van der Waals surface area (Å²) in [6, 6.07) is 6.30. The van der Waals surface area contributed by atoms with E-state index in [9.17, 15) is 0 Å². The third-order valence-corrected chi connectivity index (χ3v) is 4.41. The van der Waals surface area contributed by atoms with Crippen molar-refractivity contribution in [2.75, 3.05) is 25.5 Å². The van der Waals surface area contributed by atoms with Crippen LogP contribution in [0, 0.1) is 0 Å². The van der Waals surface area contributed by atoms with Crippen LogP contribution in [0.25, 0.3) is 11.0 Å². The topological polar surface area (TPSA) is 21.1 Å². The fourth-order valence-corrected chi connectivity index (χ4v) is 3.20. The van der Waals surface area contributed by atoms with Gasteiger partial charge >= 0.3 is 0 Å². The average Bonchev–Trinajstić information content (AvgIpc) is 2.84. The number of halogens is 2. The molecule has 0 aliphatic rings. The lowest BCUT2D eigenvalue weighted by molar-refractivity contribution is 0.261. The molecule has 21 heavy (non-hydrogen) atoms. The monoisotopic (exact) mass is 327 g/mol. The van der Waals surface area contributed by atoms with Gasteiger partial charge in [-0.15, -0.1) is 11.6 Å². The van der Waals surface area contributed by atoms with Crippen LogP contribution >= 0.6 is 23.2 Å². The molecule has 3 nitrogen and oxygen atoms in total. The van der Waals surface area contributed by atoms with E-state index in [1.807, 2.05) is 12.1 Å². The van der Waals surface area contributed by atoms with Crippen molar-refractivity contribution >= 4 is 34.2 Å². The molecule has 2 aromatic rings. The fraction of sp³-hybridized carbons (Fsp3) is 0.562. The largest absolute Gasteiger partial charge is 0.324 e. The van der Waals surface area contributed by atoms with E-state index in [1.165, 1.54) is 0 Å². The Morgan fingerprint density at radius 2 is 2.00 bits per heavy atom. The molecule has 1 atom stereocenters. The van der Waals surface area contributed by atoms with Crippen LogP contribution in [-0.4, -0.2) is 40.0 Å². The third-order valence-electron chi connectivity index (χ3n) is 3.92. The highest BCUT2D eigenvalue weighted by Gasteiger charge is 2.18. The van der Waals surface area contributed by atoms with Gasteiger partial charge in [0.25, 0.3) is 0 Å². The van der Waals surface area contributed by atoms with E-state index in [2.05, 4.69) is 36.3 Å². The number of nitrogens with zero attached hydrogens (tertiary/aromatic N) is 3. The molecule has 116 valence electrons. The van der Waals surface area contributed by atoms with Crippen LogP contribution in [0.15, 0.2) is 18.2 Å². The van der Waals surface area contributed by atoms with Crippen LogP contribution in [0.4, 0.5) is 0 Å². The summed E-state index contributed by atoms with van der Waals surface area (Å²) in [5, 5.41) is 0.706. The molecule has 0 amide bonds. The number of para-hydroxylation sites is 1. The van der Waals surface area contributed by atoms with Gasteiger partial charge in [0.1, 0.15) is 11.3 Å². The second-order valence-corrected chi connectivity index (χ2v) is 6.06. The lowest BCUT2D eigenvalue weighted by Gasteiger charge is -2.25. The summed E-state index contributed by atoms with van der Waals surface area (Å²) < 4.78 is 2.29. The summed E-state index contributed by atoms with van der Waals surface area (Å²) in [4.78, 5) is 7.13. The van der Waals surface area contributed by atoms with E-state index < -0.39 is 0 Å². The molecule has 0 spiro atoms. The normalized spacial score (nSPS) is 13.2. The van der Waals surface area contributed by atoms with E-state index in [-0.39, 0.29) is 0 Å². The van der Waals surface area contributed by atoms with E-state index in [0.717, 1.165) is 42.9 Å². The molecular weight excluding hydrogens is 305 g/mol. The van der Waals surface area contributed by atoms with Gasteiger partial charge in [-0.1, -0.05) is 31.5 Å². The highest BCUT2D eigenvalue weighted by molar-refractivity contribution is 6.34. The van der Waals surface area contributed by atoms with Crippen molar-refractivity contribution < 1.29 is 0 Å². The molecule has 1 aromatic heterocycles. The Labute approximate surface area is 136 Å². The Balaban J connectivity index is 2.44. The van der Waals surface area contributed by atoms with E-state index in [0.29, 0.717) is 16.9 Å². The molecule has 0 bridgehead atoms. The van der Waals surface area contributed by atoms with E-state index >= 15 is 0 Å². The van der Waals surface area contributed by atoms with Crippen molar-refractivity contribution in [3.8, 4) is 0 Å². The maximum absolute atomic E-state index is 6.29. The average molecular weight is 328 g/mol. The smallest absolute Gasteiger partial charge is 0.111 e. The van der Waals surface area contributed by atoms with Gasteiger partial charge in [0.05, 0.1) is 10.5 Å². The number of likely N-dealkylation sites (N-methyl/N-ethyl adjacent to an activating group) is 1. The number of hydrogen-bond donors (Lipinski definition) is 0. The number of rotatable bonds is 7. The summed E-state index contributed by atoms with van der Waals surface area (Å²) in [5.74, 6) is 1.59. The van der Waals surface area contributed by atoms with E-state index in [4.69, 9.17) is 28.2 Å². The van der Waals surface area contributed by atoms with Crippen molar-refractivity contribution in [1.82, 2.24) is 14.5 Å². The van der Waals surface area contributed by atoms with Crippen LogP contribution in [0.3, 0.4) is 0 Å². The molecule has 0 aliphatic heterocycles. The molecule has 1 heterocycles. The SMILES string of the molecule is CCN(CC)CC(C)n1c(CCCl)nc2c(Cl)cccc21. The molecule has 0 radical (unpaired) electrons. The van der Waals surface area contributed by atoms with E-state index in [1.54, 1.807) is 0 Å². The summed E-state index contributed by atoms with van der Waals surface area (Å²) in [7, 11) is 0. The first-order valence-electron chi connectivity index (χ1n) is 7.55. The van der Waals surface area contributed by atoms with Crippen LogP contribution in [0.5, 0.6) is 0 Å². The number of alkyl halides is 1. The highest BCUT2D eigenvalue weighted by Crippen LogP contribution is 2.27. The lowest BCUT2D eigenvalue weighted by Crippen LogP contribution is -2.30. The number of imidazole rings is 1. The number of hydrogen-bond acceptors (Lipinski definition) is 2. The molecule has 1 aromatic carbocycles. The van der Waals surface area contributed by atoms with Gasteiger partial charge in [0.2, 0.25) is 0 Å². The molecule has 0 saturated carbocycles. The maximum atomic E-state index is 6.29. The molecule has 0 aliphatic carbocycles. The zero-order valence-corrected chi connectivity index (χ0v) is 14.5. The summed E-state index contributed by atoms with van der Waals surface area (Å²) >= 11 is 12.2. The predicted octanol–water partition coefficient (Wildman–Crippen LogP) is 4.37.